The van der Waals surface area contributed by atoms with Crippen molar-refractivity contribution in [1.82, 2.24) is 10.2 Å². The van der Waals surface area contributed by atoms with Gasteiger partial charge in [-0.1, -0.05) is 105 Å². The zero-order chi connectivity index (χ0) is 24.4. The first-order chi connectivity index (χ1) is 17.0. The van der Waals surface area contributed by atoms with Crippen molar-refractivity contribution < 1.29 is 19.5 Å². The van der Waals surface area contributed by atoms with Crippen molar-refractivity contribution in [2.24, 2.45) is 17.8 Å². The maximum atomic E-state index is 13.8. The van der Waals surface area contributed by atoms with Gasteiger partial charge in [-0.3, -0.25) is 24.6 Å². The SMILES string of the molecule is O=C1C2C(C=Cc3ccccc3)NC(CC3CCCCC3)(C(=O)O)C2C(=O)N1Cc1ccccc1. The Hall–Kier alpha value is -3.25. The Morgan fingerprint density at radius 2 is 1.63 bits per heavy atom. The largest absolute Gasteiger partial charge is 0.480 e. The predicted octanol–water partition coefficient (Wildman–Crippen LogP) is 4.27. The number of carbonyl (C=O) groups excluding carboxylic acids is 2. The number of imide groups is 1. The van der Waals surface area contributed by atoms with E-state index in [1.165, 1.54) is 11.3 Å². The lowest BCUT2D eigenvalue weighted by atomic mass is 9.72. The molecule has 35 heavy (non-hydrogen) atoms. The number of nitrogens with zero attached hydrogens (tertiary/aromatic N) is 1. The summed E-state index contributed by atoms with van der Waals surface area (Å²) in [6.45, 7) is 0.166. The molecule has 2 amide bonds. The van der Waals surface area contributed by atoms with Crippen LogP contribution in [0.5, 0.6) is 0 Å². The Bertz CT molecular complexity index is 1110. The molecule has 4 atom stereocenters. The maximum Gasteiger partial charge on any atom is 0.324 e. The molecule has 0 spiro atoms. The molecule has 0 bridgehead atoms. The van der Waals surface area contributed by atoms with Gasteiger partial charge in [0.1, 0.15) is 5.54 Å². The molecule has 2 aromatic carbocycles. The topological polar surface area (TPSA) is 86.7 Å². The molecule has 5 rings (SSSR count). The van der Waals surface area contributed by atoms with Crippen LogP contribution < -0.4 is 5.32 Å². The number of likely N-dealkylation sites (tertiary alicyclic amines) is 1. The number of benzene rings is 2. The highest BCUT2D eigenvalue weighted by atomic mass is 16.4. The Kier molecular flexibility index (Phi) is 6.56. The van der Waals surface area contributed by atoms with E-state index in [1.54, 1.807) is 0 Å². The van der Waals surface area contributed by atoms with Crippen molar-refractivity contribution in [3.8, 4) is 0 Å². The van der Waals surface area contributed by atoms with Gasteiger partial charge in [0, 0.05) is 6.04 Å². The second-order valence-electron chi connectivity index (χ2n) is 10.2. The summed E-state index contributed by atoms with van der Waals surface area (Å²) >= 11 is 0. The maximum absolute atomic E-state index is 13.8. The number of amides is 2. The molecule has 0 radical (unpaired) electrons. The van der Waals surface area contributed by atoms with Crippen molar-refractivity contribution in [2.45, 2.75) is 56.7 Å². The van der Waals surface area contributed by atoms with E-state index >= 15 is 0 Å². The quantitative estimate of drug-likeness (QED) is 0.588. The molecule has 0 aromatic heterocycles. The van der Waals surface area contributed by atoms with Crippen molar-refractivity contribution in [3.05, 3.63) is 77.9 Å². The molecule has 2 heterocycles. The minimum absolute atomic E-state index is 0.166. The predicted molar refractivity (Wildman–Crippen MR) is 133 cm³/mol. The molecule has 1 aliphatic carbocycles. The van der Waals surface area contributed by atoms with Gasteiger partial charge in [0.25, 0.3) is 0 Å². The third kappa shape index (κ3) is 4.43. The molecule has 3 aliphatic rings. The van der Waals surface area contributed by atoms with Crippen LogP contribution in [0.2, 0.25) is 0 Å². The third-order valence-electron chi connectivity index (χ3n) is 7.98. The Morgan fingerprint density at radius 3 is 2.29 bits per heavy atom. The molecule has 2 N–H and O–H groups in total. The summed E-state index contributed by atoms with van der Waals surface area (Å²) in [7, 11) is 0. The zero-order valence-electron chi connectivity index (χ0n) is 19.8. The van der Waals surface area contributed by atoms with Gasteiger partial charge < -0.3 is 5.11 Å². The Balaban J connectivity index is 1.51. The highest BCUT2D eigenvalue weighted by Crippen LogP contribution is 2.48. The Morgan fingerprint density at radius 1 is 0.971 bits per heavy atom. The lowest BCUT2D eigenvalue weighted by molar-refractivity contribution is -0.152. The zero-order valence-corrected chi connectivity index (χ0v) is 19.8. The molecule has 2 saturated heterocycles. The Labute approximate surface area is 206 Å². The fourth-order valence-corrected chi connectivity index (χ4v) is 6.29. The normalized spacial score (nSPS) is 29.1. The first-order valence-electron chi connectivity index (χ1n) is 12.6. The van der Waals surface area contributed by atoms with Crippen LogP contribution in [0.3, 0.4) is 0 Å². The molecular weight excluding hydrogens is 440 g/mol. The van der Waals surface area contributed by atoms with E-state index in [0.29, 0.717) is 6.42 Å². The standard InChI is InChI=1S/C29H32N2O4/c32-26-24-23(17-16-20-10-4-1-5-11-20)30-29(28(34)35,18-21-12-6-2-7-13-21)25(24)27(33)31(26)19-22-14-8-3-9-15-22/h1,3-5,8-11,14-17,21,23-25,30H,2,6-7,12-13,18-19H2,(H,34,35). The fraction of sp³-hybridized carbons (Fsp3) is 0.414. The van der Waals surface area contributed by atoms with Crippen LogP contribution in [0.25, 0.3) is 6.08 Å². The average molecular weight is 473 g/mol. The van der Waals surface area contributed by atoms with E-state index in [1.807, 2.05) is 72.8 Å². The van der Waals surface area contributed by atoms with E-state index in [2.05, 4.69) is 5.32 Å². The van der Waals surface area contributed by atoms with Gasteiger partial charge in [-0.15, -0.1) is 0 Å². The smallest absolute Gasteiger partial charge is 0.324 e. The highest BCUT2D eigenvalue weighted by molar-refractivity contribution is 6.09. The number of carboxylic acid groups (broad SMARTS) is 1. The lowest BCUT2D eigenvalue weighted by Gasteiger charge is -2.35. The number of carbonyl (C=O) groups is 3. The molecule has 3 fully saturated rings. The van der Waals surface area contributed by atoms with Crippen molar-refractivity contribution in [1.29, 1.82) is 0 Å². The van der Waals surface area contributed by atoms with Gasteiger partial charge in [0.15, 0.2) is 0 Å². The summed E-state index contributed by atoms with van der Waals surface area (Å²) in [6.07, 6.45) is 9.42. The summed E-state index contributed by atoms with van der Waals surface area (Å²) in [5.74, 6) is -3.10. The summed E-state index contributed by atoms with van der Waals surface area (Å²) < 4.78 is 0. The van der Waals surface area contributed by atoms with E-state index in [-0.39, 0.29) is 24.3 Å². The van der Waals surface area contributed by atoms with Crippen LogP contribution in [0.15, 0.2) is 66.7 Å². The number of nitrogens with one attached hydrogen (secondary N) is 1. The van der Waals surface area contributed by atoms with Crippen LogP contribution in [-0.4, -0.2) is 39.4 Å². The van der Waals surface area contributed by atoms with Gasteiger partial charge in [-0.2, -0.15) is 0 Å². The van der Waals surface area contributed by atoms with E-state index in [0.717, 1.165) is 36.8 Å². The molecule has 2 aromatic rings. The van der Waals surface area contributed by atoms with Crippen molar-refractivity contribution in [3.63, 3.8) is 0 Å². The fourth-order valence-electron chi connectivity index (χ4n) is 6.29. The average Bonchev–Trinajstić information content (AvgIpc) is 3.34. The molecule has 182 valence electrons. The second kappa shape index (κ2) is 9.78. The van der Waals surface area contributed by atoms with E-state index in [9.17, 15) is 19.5 Å². The summed E-state index contributed by atoms with van der Waals surface area (Å²) in [6, 6.07) is 18.6. The number of fused-ring (bicyclic) bond motifs is 1. The van der Waals surface area contributed by atoms with Crippen LogP contribution >= 0.6 is 0 Å². The summed E-state index contributed by atoms with van der Waals surface area (Å²) in [5.41, 5.74) is 0.367. The number of carboxylic acids is 1. The second-order valence-corrected chi connectivity index (χ2v) is 10.2. The van der Waals surface area contributed by atoms with Crippen LogP contribution in [0.1, 0.15) is 49.7 Å². The molecular formula is C29H32N2O4. The molecule has 6 nitrogen and oxygen atoms in total. The van der Waals surface area contributed by atoms with Gasteiger partial charge in [-0.25, -0.2) is 0 Å². The summed E-state index contributed by atoms with van der Waals surface area (Å²) in [4.78, 5) is 41.6. The number of aliphatic carboxylic acids is 1. The molecule has 6 heteroatoms. The van der Waals surface area contributed by atoms with E-state index < -0.39 is 29.4 Å². The van der Waals surface area contributed by atoms with Crippen LogP contribution in [-0.2, 0) is 20.9 Å². The first kappa shape index (κ1) is 23.5. The highest BCUT2D eigenvalue weighted by Gasteiger charge is 2.67. The number of rotatable bonds is 7. The summed E-state index contributed by atoms with van der Waals surface area (Å²) in [5, 5.41) is 13.9. The molecule has 1 saturated carbocycles. The molecule has 2 aliphatic heterocycles. The number of hydrogen-bond donors (Lipinski definition) is 2. The van der Waals surface area contributed by atoms with Crippen LogP contribution in [0, 0.1) is 17.8 Å². The van der Waals surface area contributed by atoms with Gasteiger partial charge in [0.2, 0.25) is 11.8 Å². The van der Waals surface area contributed by atoms with Crippen LogP contribution in [0.4, 0.5) is 0 Å². The van der Waals surface area contributed by atoms with E-state index in [4.69, 9.17) is 0 Å². The van der Waals surface area contributed by atoms with Gasteiger partial charge in [0.05, 0.1) is 18.4 Å². The van der Waals surface area contributed by atoms with Gasteiger partial charge in [-0.05, 0) is 23.5 Å². The van der Waals surface area contributed by atoms with Crippen molar-refractivity contribution >= 4 is 23.9 Å². The minimum atomic E-state index is -1.45. The van der Waals surface area contributed by atoms with Gasteiger partial charge >= 0.3 is 5.97 Å². The lowest BCUT2D eigenvalue weighted by Crippen LogP contribution is -2.57. The van der Waals surface area contributed by atoms with Crippen molar-refractivity contribution in [2.75, 3.05) is 0 Å². The minimum Gasteiger partial charge on any atom is -0.480 e. The first-order valence-corrected chi connectivity index (χ1v) is 12.6. The number of hydrogen-bond acceptors (Lipinski definition) is 4. The third-order valence-corrected chi connectivity index (χ3v) is 7.98. The molecule has 4 unspecified atom stereocenters. The monoisotopic (exact) mass is 472 g/mol.